The third-order valence-corrected chi connectivity index (χ3v) is 4.14. The van der Waals surface area contributed by atoms with Crippen molar-refractivity contribution in [1.29, 1.82) is 0 Å². The van der Waals surface area contributed by atoms with Gasteiger partial charge in [0, 0.05) is 32.7 Å². The fourth-order valence-corrected chi connectivity index (χ4v) is 2.78. The Morgan fingerprint density at radius 1 is 1.29 bits per heavy atom. The molecule has 1 saturated heterocycles. The van der Waals surface area contributed by atoms with Crippen molar-refractivity contribution >= 4 is 29.9 Å². The minimum atomic E-state index is 0. The van der Waals surface area contributed by atoms with Crippen LogP contribution < -0.4 is 10.6 Å². The van der Waals surface area contributed by atoms with Gasteiger partial charge in [0.1, 0.15) is 0 Å². The van der Waals surface area contributed by atoms with Crippen LogP contribution >= 0.6 is 24.0 Å². The van der Waals surface area contributed by atoms with Gasteiger partial charge in [-0.25, -0.2) is 0 Å². The topological polar surface area (TPSA) is 39.7 Å². The lowest BCUT2D eigenvalue weighted by atomic mass is 9.97. The third-order valence-electron chi connectivity index (χ3n) is 4.14. The van der Waals surface area contributed by atoms with Crippen molar-refractivity contribution in [3.05, 3.63) is 0 Å². The van der Waals surface area contributed by atoms with E-state index in [9.17, 15) is 0 Å². The number of nitrogens with zero attached hydrogens (tertiary/aromatic N) is 2. The second kappa shape index (κ2) is 12.5. The predicted molar refractivity (Wildman–Crippen MR) is 104 cm³/mol. The van der Waals surface area contributed by atoms with E-state index >= 15 is 0 Å². The molecule has 1 fully saturated rings. The first-order valence-electron chi connectivity index (χ1n) is 8.36. The van der Waals surface area contributed by atoms with Gasteiger partial charge in [-0.3, -0.25) is 4.99 Å². The van der Waals surface area contributed by atoms with Crippen molar-refractivity contribution in [3.8, 4) is 0 Å². The van der Waals surface area contributed by atoms with Crippen LogP contribution in [0.3, 0.4) is 0 Å². The van der Waals surface area contributed by atoms with E-state index < -0.39 is 0 Å². The highest BCUT2D eigenvalue weighted by atomic mass is 127. The molecule has 126 valence electrons. The van der Waals surface area contributed by atoms with Gasteiger partial charge < -0.3 is 15.5 Å². The molecule has 0 aromatic heterocycles. The van der Waals surface area contributed by atoms with Crippen molar-refractivity contribution < 1.29 is 0 Å². The number of hydrogen-bond donors (Lipinski definition) is 2. The molecule has 0 spiro atoms. The van der Waals surface area contributed by atoms with Crippen molar-refractivity contribution in [2.45, 2.75) is 58.9 Å². The highest BCUT2D eigenvalue weighted by Gasteiger charge is 2.21. The molecule has 1 unspecified atom stereocenters. The Morgan fingerprint density at radius 2 is 2.05 bits per heavy atom. The first-order chi connectivity index (χ1) is 9.67. The average molecular weight is 410 g/mol. The third kappa shape index (κ3) is 8.86. The zero-order valence-electron chi connectivity index (χ0n) is 14.3. The van der Waals surface area contributed by atoms with E-state index in [-0.39, 0.29) is 24.0 Å². The van der Waals surface area contributed by atoms with Crippen LogP contribution in [0.4, 0.5) is 0 Å². The van der Waals surface area contributed by atoms with E-state index in [1.807, 2.05) is 7.05 Å². The fourth-order valence-electron chi connectivity index (χ4n) is 2.78. The maximum absolute atomic E-state index is 4.31. The number of piperidine rings is 1. The van der Waals surface area contributed by atoms with Crippen LogP contribution in [0.5, 0.6) is 0 Å². The number of rotatable bonds is 7. The summed E-state index contributed by atoms with van der Waals surface area (Å²) in [6, 6.07) is 0.671. The predicted octanol–water partition coefficient (Wildman–Crippen LogP) is 3.08. The molecular formula is C16H35IN4. The molecule has 1 aliphatic heterocycles. The minimum Gasteiger partial charge on any atom is -0.356 e. The zero-order valence-corrected chi connectivity index (χ0v) is 16.7. The van der Waals surface area contributed by atoms with Gasteiger partial charge in [-0.15, -0.1) is 24.0 Å². The highest BCUT2D eigenvalue weighted by molar-refractivity contribution is 14.0. The molecule has 1 atom stereocenters. The summed E-state index contributed by atoms with van der Waals surface area (Å²) in [4.78, 5) is 6.90. The Hall–Kier alpha value is -0.0400. The van der Waals surface area contributed by atoms with Crippen LogP contribution in [0.15, 0.2) is 4.99 Å². The van der Waals surface area contributed by atoms with Crippen molar-refractivity contribution in [2.75, 3.05) is 33.2 Å². The van der Waals surface area contributed by atoms with E-state index in [0.717, 1.165) is 25.0 Å². The SMILES string of the molecule is CCCCCNC(=NC)NCC1CCCN(C(C)C)C1.I. The second-order valence-corrected chi connectivity index (χ2v) is 6.18. The van der Waals surface area contributed by atoms with Gasteiger partial charge in [-0.2, -0.15) is 0 Å². The van der Waals surface area contributed by atoms with Gasteiger partial charge in [0.25, 0.3) is 0 Å². The Bertz CT molecular complexity index is 281. The molecule has 1 rings (SSSR count). The minimum absolute atomic E-state index is 0. The molecule has 0 aliphatic carbocycles. The van der Waals surface area contributed by atoms with Gasteiger partial charge in [0.05, 0.1) is 0 Å². The molecule has 0 aromatic rings. The standard InChI is InChI=1S/C16H34N4.HI/c1-5-6-7-10-18-16(17-4)19-12-15-9-8-11-20(13-15)14(2)3;/h14-15H,5-13H2,1-4H3,(H2,17,18,19);1H. The number of unbranched alkanes of at least 4 members (excludes halogenated alkanes) is 2. The molecule has 21 heavy (non-hydrogen) atoms. The highest BCUT2D eigenvalue weighted by Crippen LogP contribution is 2.17. The number of guanidine groups is 1. The first-order valence-corrected chi connectivity index (χ1v) is 8.36. The summed E-state index contributed by atoms with van der Waals surface area (Å²) < 4.78 is 0. The Morgan fingerprint density at radius 3 is 2.67 bits per heavy atom. The van der Waals surface area contributed by atoms with E-state index in [0.29, 0.717) is 6.04 Å². The smallest absolute Gasteiger partial charge is 0.190 e. The number of likely N-dealkylation sites (tertiary alicyclic amines) is 1. The normalized spacial score (nSPS) is 20.2. The Kier molecular flexibility index (Phi) is 12.5. The summed E-state index contributed by atoms with van der Waals surface area (Å²) in [6.45, 7) is 11.4. The number of halogens is 1. The van der Waals surface area contributed by atoms with Gasteiger partial charge in [-0.1, -0.05) is 19.8 Å². The van der Waals surface area contributed by atoms with E-state index in [2.05, 4.69) is 41.3 Å². The molecule has 1 aliphatic rings. The monoisotopic (exact) mass is 410 g/mol. The van der Waals surface area contributed by atoms with Crippen molar-refractivity contribution in [1.82, 2.24) is 15.5 Å². The van der Waals surface area contributed by atoms with E-state index in [1.165, 1.54) is 45.2 Å². The van der Waals surface area contributed by atoms with Crippen LogP contribution in [0.25, 0.3) is 0 Å². The second-order valence-electron chi connectivity index (χ2n) is 6.18. The summed E-state index contributed by atoms with van der Waals surface area (Å²) in [5, 5.41) is 6.89. The van der Waals surface area contributed by atoms with Crippen LogP contribution in [0, 0.1) is 5.92 Å². The fraction of sp³-hybridized carbons (Fsp3) is 0.938. The molecule has 2 N–H and O–H groups in total. The summed E-state index contributed by atoms with van der Waals surface area (Å²) >= 11 is 0. The zero-order chi connectivity index (χ0) is 14.8. The van der Waals surface area contributed by atoms with Gasteiger partial charge in [-0.05, 0) is 45.6 Å². The van der Waals surface area contributed by atoms with Crippen LogP contribution in [-0.4, -0.2) is 50.1 Å². The molecule has 1 heterocycles. The van der Waals surface area contributed by atoms with Gasteiger partial charge >= 0.3 is 0 Å². The maximum atomic E-state index is 4.31. The largest absolute Gasteiger partial charge is 0.356 e. The van der Waals surface area contributed by atoms with Gasteiger partial charge in [0.15, 0.2) is 5.96 Å². The molecule has 4 nitrogen and oxygen atoms in total. The molecular weight excluding hydrogens is 375 g/mol. The lowest BCUT2D eigenvalue weighted by Crippen LogP contribution is -2.46. The molecule has 0 bridgehead atoms. The summed E-state index contributed by atoms with van der Waals surface area (Å²) in [7, 11) is 1.86. The molecule has 0 aromatic carbocycles. The summed E-state index contributed by atoms with van der Waals surface area (Å²) in [5.74, 6) is 1.71. The van der Waals surface area contributed by atoms with Gasteiger partial charge in [0.2, 0.25) is 0 Å². The maximum Gasteiger partial charge on any atom is 0.190 e. The quantitative estimate of drug-likeness (QED) is 0.293. The molecule has 5 heteroatoms. The summed E-state index contributed by atoms with van der Waals surface area (Å²) in [6.07, 6.45) is 6.44. The van der Waals surface area contributed by atoms with Crippen LogP contribution in [-0.2, 0) is 0 Å². The van der Waals surface area contributed by atoms with E-state index in [4.69, 9.17) is 0 Å². The Balaban J connectivity index is 0.00000400. The lowest BCUT2D eigenvalue weighted by Gasteiger charge is -2.35. The van der Waals surface area contributed by atoms with Crippen LogP contribution in [0.1, 0.15) is 52.9 Å². The summed E-state index contributed by atoms with van der Waals surface area (Å²) in [5.41, 5.74) is 0. The number of aliphatic imine (C=N–C) groups is 1. The lowest BCUT2D eigenvalue weighted by molar-refractivity contribution is 0.141. The Labute approximate surface area is 148 Å². The van der Waals surface area contributed by atoms with Crippen molar-refractivity contribution in [2.24, 2.45) is 10.9 Å². The van der Waals surface area contributed by atoms with Crippen molar-refractivity contribution in [3.63, 3.8) is 0 Å². The number of nitrogens with one attached hydrogen (secondary N) is 2. The first kappa shape index (κ1) is 21.0. The number of hydrogen-bond acceptors (Lipinski definition) is 2. The van der Waals surface area contributed by atoms with Crippen LogP contribution in [0.2, 0.25) is 0 Å². The van der Waals surface area contributed by atoms with E-state index in [1.54, 1.807) is 0 Å². The molecule has 0 radical (unpaired) electrons. The molecule has 0 saturated carbocycles. The molecule has 0 amide bonds. The average Bonchev–Trinajstić information content (AvgIpc) is 2.47.